The molecule has 1 aliphatic heterocycles. The summed E-state index contributed by atoms with van der Waals surface area (Å²) >= 11 is 2.00. The fraction of sp³-hybridized carbons (Fsp3) is 0.708. The van der Waals surface area contributed by atoms with Gasteiger partial charge in [-0.05, 0) is 83.9 Å². The molecule has 1 N–H and O–H groups in total. The lowest BCUT2D eigenvalue weighted by Gasteiger charge is -2.64. The maximum atomic E-state index is 12.8. The number of thioether (sulfide) groups is 1. The third-order valence-corrected chi connectivity index (χ3v) is 9.62. The number of hydrogen-bond donors (Lipinski definition) is 1. The average Bonchev–Trinajstić information content (AvgIpc) is 2.58. The zero-order chi connectivity index (χ0) is 19.6. The van der Waals surface area contributed by atoms with Gasteiger partial charge in [0.25, 0.3) is 5.91 Å². The predicted octanol–water partition coefficient (Wildman–Crippen LogP) is 5.96. The Morgan fingerprint density at radius 2 is 1.85 bits per heavy atom. The maximum Gasteiger partial charge on any atom is 0.251 e. The lowest BCUT2D eigenvalue weighted by molar-refractivity contribution is -0.0974. The summed E-state index contributed by atoms with van der Waals surface area (Å²) in [6.07, 6.45) is 6.56. The van der Waals surface area contributed by atoms with E-state index in [-0.39, 0.29) is 11.3 Å². The molecule has 0 spiro atoms. The van der Waals surface area contributed by atoms with E-state index < -0.39 is 0 Å². The molecule has 3 heteroatoms. The van der Waals surface area contributed by atoms with Gasteiger partial charge in [-0.25, -0.2) is 0 Å². The molecule has 1 heterocycles. The van der Waals surface area contributed by atoms with Gasteiger partial charge >= 0.3 is 0 Å². The number of amides is 1. The Kier molecular flexibility index (Phi) is 4.50. The van der Waals surface area contributed by atoms with Crippen LogP contribution < -0.4 is 5.32 Å². The van der Waals surface area contributed by atoms with Crippen LogP contribution >= 0.6 is 11.8 Å². The van der Waals surface area contributed by atoms with E-state index in [4.69, 9.17) is 0 Å². The lowest BCUT2D eigenvalue weighted by Crippen LogP contribution is -2.58. The minimum atomic E-state index is 0.0775. The molecule has 1 amide bonds. The Bertz CT molecular complexity index is 785. The SMILES string of the molecule is CNC(=O)c1cc(C)cc2c1[C@]1(C)CC[C@H]3C(C)(C)CCC[C@]3(C)[C@H]1CS2. The van der Waals surface area contributed by atoms with Crippen LogP contribution in [0.25, 0.3) is 0 Å². The molecule has 0 saturated heterocycles. The standard InChI is InChI=1S/C24H35NOS/c1-15-12-16(21(26)25-6)20-17(13-15)27-14-19-23(4)10-7-9-22(2,3)18(23)8-11-24(19,20)5/h12-13,18-19H,7-11,14H2,1-6H3,(H,25,26)/t18-,19+,23-,24+/m0/s1. The summed E-state index contributed by atoms with van der Waals surface area (Å²) in [4.78, 5) is 14.2. The van der Waals surface area contributed by atoms with Crippen LogP contribution in [-0.2, 0) is 5.41 Å². The van der Waals surface area contributed by atoms with Crippen molar-refractivity contribution in [2.24, 2.45) is 22.7 Å². The van der Waals surface area contributed by atoms with Crippen LogP contribution in [0.1, 0.15) is 81.3 Å². The number of nitrogens with one attached hydrogen (secondary N) is 1. The minimum absolute atomic E-state index is 0.0775. The van der Waals surface area contributed by atoms with E-state index in [1.165, 1.54) is 53.9 Å². The van der Waals surface area contributed by atoms with Crippen molar-refractivity contribution in [3.63, 3.8) is 0 Å². The van der Waals surface area contributed by atoms with Crippen molar-refractivity contribution < 1.29 is 4.79 Å². The highest BCUT2D eigenvalue weighted by atomic mass is 32.2. The van der Waals surface area contributed by atoms with Crippen molar-refractivity contribution in [2.45, 2.75) is 77.0 Å². The molecule has 2 saturated carbocycles. The molecule has 2 fully saturated rings. The van der Waals surface area contributed by atoms with Crippen molar-refractivity contribution in [1.29, 1.82) is 0 Å². The van der Waals surface area contributed by atoms with Gasteiger partial charge in [0.05, 0.1) is 0 Å². The summed E-state index contributed by atoms with van der Waals surface area (Å²) < 4.78 is 0. The highest BCUT2D eigenvalue weighted by Gasteiger charge is 2.60. The van der Waals surface area contributed by atoms with Gasteiger partial charge in [-0.2, -0.15) is 0 Å². The Labute approximate surface area is 169 Å². The molecular formula is C24H35NOS. The van der Waals surface area contributed by atoms with Gasteiger partial charge in [-0.3, -0.25) is 4.79 Å². The maximum absolute atomic E-state index is 12.8. The van der Waals surface area contributed by atoms with Crippen molar-refractivity contribution >= 4 is 17.7 Å². The first-order valence-corrected chi connectivity index (χ1v) is 11.6. The lowest BCUT2D eigenvalue weighted by atomic mass is 9.42. The summed E-state index contributed by atoms with van der Waals surface area (Å²) in [7, 11) is 1.76. The molecule has 0 bridgehead atoms. The highest BCUT2D eigenvalue weighted by molar-refractivity contribution is 7.99. The molecule has 1 aromatic carbocycles. The highest BCUT2D eigenvalue weighted by Crippen LogP contribution is 2.67. The number of hydrogen-bond acceptors (Lipinski definition) is 2. The van der Waals surface area contributed by atoms with Gasteiger partial charge in [0.15, 0.2) is 0 Å². The average molecular weight is 386 g/mol. The fourth-order valence-corrected chi connectivity index (χ4v) is 9.12. The van der Waals surface area contributed by atoms with Crippen LogP contribution in [0.15, 0.2) is 17.0 Å². The van der Waals surface area contributed by atoms with Crippen molar-refractivity contribution in [1.82, 2.24) is 5.32 Å². The second-order valence-corrected chi connectivity index (χ2v) is 11.5. The number of benzene rings is 1. The number of fused-ring (bicyclic) bond motifs is 5. The smallest absolute Gasteiger partial charge is 0.251 e. The van der Waals surface area contributed by atoms with Crippen molar-refractivity contribution in [2.75, 3.05) is 12.8 Å². The molecule has 4 rings (SSSR count). The third-order valence-electron chi connectivity index (χ3n) is 8.49. The Morgan fingerprint density at radius 1 is 1.11 bits per heavy atom. The number of aryl methyl sites for hydroxylation is 1. The van der Waals surface area contributed by atoms with Crippen LogP contribution in [0, 0.1) is 29.6 Å². The molecule has 0 aromatic heterocycles. The number of carbonyl (C=O) groups excluding carboxylic acids is 1. The van der Waals surface area contributed by atoms with E-state index in [2.05, 4.69) is 52.1 Å². The van der Waals surface area contributed by atoms with Crippen LogP contribution in [0.3, 0.4) is 0 Å². The summed E-state index contributed by atoms with van der Waals surface area (Å²) in [5, 5.41) is 2.90. The fourth-order valence-electron chi connectivity index (χ4n) is 7.27. The Morgan fingerprint density at radius 3 is 2.56 bits per heavy atom. The van der Waals surface area contributed by atoms with E-state index in [0.717, 1.165) is 11.5 Å². The van der Waals surface area contributed by atoms with Crippen molar-refractivity contribution in [3.8, 4) is 0 Å². The Balaban J connectivity index is 1.87. The minimum Gasteiger partial charge on any atom is -0.355 e. The first-order valence-electron chi connectivity index (χ1n) is 10.6. The molecule has 4 atom stereocenters. The second kappa shape index (κ2) is 6.27. The molecule has 1 aromatic rings. The summed E-state index contributed by atoms with van der Waals surface area (Å²) in [5.74, 6) is 2.72. The van der Waals surface area contributed by atoms with Crippen LogP contribution in [-0.4, -0.2) is 18.7 Å². The number of rotatable bonds is 1. The van der Waals surface area contributed by atoms with Gasteiger partial charge in [0.2, 0.25) is 0 Å². The van der Waals surface area contributed by atoms with Crippen LogP contribution in [0.5, 0.6) is 0 Å². The van der Waals surface area contributed by atoms with E-state index in [9.17, 15) is 4.79 Å². The second-order valence-electron chi connectivity index (χ2n) is 10.5. The van der Waals surface area contributed by atoms with Gasteiger partial charge < -0.3 is 5.32 Å². The van der Waals surface area contributed by atoms with Crippen LogP contribution in [0.4, 0.5) is 0 Å². The first-order chi connectivity index (χ1) is 12.6. The molecular weight excluding hydrogens is 350 g/mol. The van der Waals surface area contributed by atoms with Crippen molar-refractivity contribution in [3.05, 3.63) is 28.8 Å². The topological polar surface area (TPSA) is 29.1 Å². The molecule has 3 aliphatic rings. The van der Waals surface area contributed by atoms with Gasteiger partial charge in [-0.1, -0.05) is 34.1 Å². The molecule has 0 radical (unpaired) electrons. The Hall–Kier alpha value is -0.960. The molecule has 0 unspecified atom stereocenters. The third kappa shape index (κ3) is 2.71. The summed E-state index contributed by atoms with van der Waals surface area (Å²) in [6.45, 7) is 12.2. The van der Waals surface area contributed by atoms with Crippen LogP contribution in [0.2, 0.25) is 0 Å². The van der Waals surface area contributed by atoms with E-state index in [1.54, 1.807) is 7.05 Å². The molecule has 2 nitrogen and oxygen atoms in total. The predicted molar refractivity (Wildman–Crippen MR) is 115 cm³/mol. The normalized spacial score (nSPS) is 37.0. The zero-order valence-electron chi connectivity index (χ0n) is 17.9. The monoisotopic (exact) mass is 385 g/mol. The summed E-state index contributed by atoms with van der Waals surface area (Å²) in [6, 6.07) is 4.43. The molecule has 2 aliphatic carbocycles. The van der Waals surface area contributed by atoms with Gasteiger partial charge in [-0.15, -0.1) is 11.8 Å². The number of carbonyl (C=O) groups is 1. The first kappa shape index (κ1) is 19.4. The molecule has 148 valence electrons. The molecule has 27 heavy (non-hydrogen) atoms. The zero-order valence-corrected chi connectivity index (χ0v) is 18.7. The van der Waals surface area contributed by atoms with E-state index >= 15 is 0 Å². The van der Waals surface area contributed by atoms with E-state index in [0.29, 0.717) is 16.7 Å². The largest absolute Gasteiger partial charge is 0.355 e. The van der Waals surface area contributed by atoms with Gasteiger partial charge in [0, 0.05) is 23.3 Å². The van der Waals surface area contributed by atoms with E-state index in [1.807, 2.05) is 11.8 Å². The van der Waals surface area contributed by atoms with Gasteiger partial charge in [0.1, 0.15) is 0 Å². The summed E-state index contributed by atoms with van der Waals surface area (Å²) in [5.41, 5.74) is 4.39. The quantitative estimate of drug-likeness (QED) is 0.646.